The summed E-state index contributed by atoms with van der Waals surface area (Å²) in [5.41, 5.74) is 1.32. The molecule has 1 rings (SSSR count). The summed E-state index contributed by atoms with van der Waals surface area (Å²) in [6.45, 7) is 36.9. The van der Waals surface area contributed by atoms with Gasteiger partial charge in [0.25, 0.3) is 0 Å². The molecule has 0 saturated carbocycles. The average Bonchev–Trinajstić information content (AvgIpc) is 3.48. The molecule has 0 aliphatic heterocycles. The molecular formula is C57H97N3O8. The molecule has 0 radical (unpaired) electrons. The monoisotopic (exact) mass is 952 g/mol. The SMILES string of the molecule is C=C/C(=C\C=C\NC)C(O)OC(C)(C)CCOC(C)(C)CC(CC)(CC(C)OCCC(C)(C)OC/C(C)=C/C=C(\C=C)N(C)C)CC(C)(C)OCCC(C)(C)OC(=O)C1=CC=C(N(C)C)CC=C1. The number of aliphatic hydroxyl groups is 1. The van der Waals surface area contributed by atoms with E-state index in [-0.39, 0.29) is 23.1 Å². The highest BCUT2D eigenvalue weighted by Crippen LogP contribution is 2.46. The highest BCUT2D eigenvalue weighted by molar-refractivity contribution is 5.92. The van der Waals surface area contributed by atoms with Crippen molar-refractivity contribution in [3.63, 3.8) is 0 Å². The largest absolute Gasteiger partial charge is 0.456 e. The third-order valence-electron chi connectivity index (χ3n) is 12.3. The molecule has 0 aromatic carbocycles. The van der Waals surface area contributed by atoms with Gasteiger partial charge >= 0.3 is 5.97 Å². The number of hydrogen-bond acceptors (Lipinski definition) is 11. The van der Waals surface area contributed by atoms with Crippen LogP contribution in [0.3, 0.4) is 0 Å². The molecule has 1 aliphatic rings. The molecule has 0 saturated heterocycles. The highest BCUT2D eigenvalue weighted by Gasteiger charge is 2.42. The van der Waals surface area contributed by atoms with E-state index >= 15 is 0 Å². The van der Waals surface area contributed by atoms with Gasteiger partial charge in [0.15, 0.2) is 6.29 Å². The maximum atomic E-state index is 13.3. The lowest BCUT2D eigenvalue weighted by molar-refractivity contribution is -0.164. The van der Waals surface area contributed by atoms with Crippen LogP contribution in [0, 0.1) is 5.41 Å². The Kier molecular flexibility index (Phi) is 26.4. The summed E-state index contributed by atoms with van der Waals surface area (Å²) in [7, 11) is 9.81. The molecule has 3 atom stereocenters. The van der Waals surface area contributed by atoms with E-state index in [1.165, 1.54) is 0 Å². The predicted octanol–water partition coefficient (Wildman–Crippen LogP) is 11.7. The summed E-state index contributed by atoms with van der Waals surface area (Å²) in [4.78, 5) is 17.4. The molecular weight excluding hydrogens is 855 g/mol. The fraction of sp³-hybridized carbons (Fsp3) is 0.667. The molecule has 0 aromatic rings. The maximum Gasteiger partial charge on any atom is 0.338 e. The highest BCUT2D eigenvalue weighted by atomic mass is 16.6. The van der Waals surface area contributed by atoms with E-state index in [0.717, 1.165) is 55.5 Å². The van der Waals surface area contributed by atoms with Crippen molar-refractivity contribution >= 4 is 5.97 Å². The second-order valence-corrected chi connectivity index (χ2v) is 22.0. The standard InChI is InChI=1S/C57H97N3O8/c1-21-46(27-25-36-58-16)50(61)67-53(8,9)34-38-64-55(12,13)42-57(23-3,40-45(5)63-37-33-52(6,7)66-41-44(4)29-31-48(22-2)59(17)18)43-56(14,15)65-39-35-54(10,11)68-51(62)47-26-24-28-49(32-30-47)60(19)20/h21-22,24-27,29-32,36,45,50,58,61H,1-2,23,28,33-35,37-43H2,3-20H3/b36-25+,44-29+,46-27+,48-31+. The van der Waals surface area contributed by atoms with E-state index < -0.39 is 28.7 Å². The van der Waals surface area contributed by atoms with Gasteiger partial charge in [0.2, 0.25) is 0 Å². The fourth-order valence-electron chi connectivity index (χ4n) is 8.27. The molecule has 0 heterocycles. The van der Waals surface area contributed by atoms with Gasteiger partial charge in [0.05, 0.1) is 53.9 Å². The minimum atomic E-state index is -1.13. The first-order valence-electron chi connectivity index (χ1n) is 24.7. The molecule has 3 unspecified atom stereocenters. The Morgan fingerprint density at radius 2 is 1.40 bits per heavy atom. The Hall–Kier alpha value is -3.71. The summed E-state index contributed by atoms with van der Waals surface area (Å²) in [5, 5.41) is 13.8. The van der Waals surface area contributed by atoms with Crippen molar-refractivity contribution in [3.05, 3.63) is 108 Å². The zero-order valence-electron chi connectivity index (χ0n) is 46.1. The van der Waals surface area contributed by atoms with Crippen molar-refractivity contribution in [3.8, 4) is 0 Å². The van der Waals surface area contributed by atoms with E-state index in [4.69, 9.17) is 28.4 Å². The Morgan fingerprint density at radius 1 is 0.809 bits per heavy atom. The Morgan fingerprint density at radius 3 is 1.93 bits per heavy atom. The van der Waals surface area contributed by atoms with E-state index in [0.29, 0.717) is 50.4 Å². The average molecular weight is 952 g/mol. The zero-order chi connectivity index (χ0) is 52.0. The van der Waals surface area contributed by atoms with Crippen LogP contribution >= 0.6 is 0 Å². The summed E-state index contributed by atoms with van der Waals surface area (Å²) < 4.78 is 38.7. The fourth-order valence-corrected chi connectivity index (χ4v) is 8.27. The van der Waals surface area contributed by atoms with Crippen LogP contribution in [-0.2, 0) is 33.2 Å². The van der Waals surface area contributed by atoms with Crippen LogP contribution in [0.4, 0.5) is 0 Å². The molecule has 2 N–H and O–H groups in total. The van der Waals surface area contributed by atoms with E-state index in [1.807, 2.05) is 103 Å². The quantitative estimate of drug-likeness (QED) is 0.0365. The van der Waals surface area contributed by atoms with Crippen molar-refractivity contribution in [2.45, 2.75) is 182 Å². The second-order valence-electron chi connectivity index (χ2n) is 22.0. The molecule has 1 aliphatic carbocycles. The number of allylic oxidation sites excluding steroid dienone is 8. The Bertz CT molecular complexity index is 1790. The third kappa shape index (κ3) is 25.2. The van der Waals surface area contributed by atoms with Crippen molar-refractivity contribution < 1.29 is 38.3 Å². The first kappa shape index (κ1) is 62.3. The van der Waals surface area contributed by atoms with Crippen LogP contribution in [-0.4, -0.2) is 123 Å². The number of nitrogens with one attached hydrogen (secondary N) is 1. The normalized spacial score (nSPS) is 16.7. The van der Waals surface area contributed by atoms with Crippen LogP contribution in [0.1, 0.15) is 141 Å². The molecule has 0 bridgehead atoms. The van der Waals surface area contributed by atoms with Crippen molar-refractivity contribution in [2.24, 2.45) is 5.41 Å². The van der Waals surface area contributed by atoms with Gasteiger partial charge in [-0.2, -0.15) is 0 Å². The zero-order valence-corrected chi connectivity index (χ0v) is 46.1. The number of carbonyl (C=O) groups is 1. The summed E-state index contributed by atoms with van der Waals surface area (Å²) in [5.74, 6) is -0.345. The van der Waals surface area contributed by atoms with Gasteiger partial charge < -0.3 is 48.6 Å². The Balaban J connectivity index is 3.21. The van der Waals surface area contributed by atoms with Crippen LogP contribution in [0.2, 0.25) is 0 Å². The molecule has 0 aromatic heterocycles. The number of ether oxygens (including phenoxy) is 6. The van der Waals surface area contributed by atoms with Gasteiger partial charge in [-0.05, 0) is 163 Å². The smallest absolute Gasteiger partial charge is 0.338 e. The van der Waals surface area contributed by atoms with Crippen molar-refractivity contribution in [2.75, 3.05) is 61.7 Å². The molecule has 0 fully saturated rings. The number of nitrogens with zero attached hydrogens (tertiary/aromatic N) is 2. The number of aliphatic hydroxyl groups excluding tert-OH is 1. The van der Waals surface area contributed by atoms with Gasteiger partial charge in [-0.25, -0.2) is 4.79 Å². The first-order chi connectivity index (χ1) is 31.4. The van der Waals surface area contributed by atoms with Crippen LogP contribution in [0.5, 0.6) is 0 Å². The molecule has 11 nitrogen and oxygen atoms in total. The summed E-state index contributed by atoms with van der Waals surface area (Å²) in [6, 6.07) is 0. The second kappa shape index (κ2) is 28.8. The van der Waals surface area contributed by atoms with Crippen LogP contribution < -0.4 is 5.32 Å². The Labute approximate surface area is 415 Å². The van der Waals surface area contributed by atoms with Gasteiger partial charge in [-0.1, -0.05) is 56.9 Å². The van der Waals surface area contributed by atoms with Gasteiger partial charge in [0.1, 0.15) is 5.60 Å². The topological polar surface area (TPSA) is 111 Å². The lowest BCUT2D eigenvalue weighted by Crippen LogP contribution is -2.43. The number of hydrogen-bond donors (Lipinski definition) is 2. The molecule has 0 amide bonds. The summed E-state index contributed by atoms with van der Waals surface area (Å²) in [6.07, 6.45) is 25.2. The van der Waals surface area contributed by atoms with Crippen molar-refractivity contribution in [1.29, 1.82) is 0 Å². The molecule has 0 spiro atoms. The molecule has 388 valence electrons. The number of rotatable bonds is 34. The molecule has 11 heteroatoms. The van der Waals surface area contributed by atoms with Crippen LogP contribution in [0.25, 0.3) is 0 Å². The van der Waals surface area contributed by atoms with E-state index in [2.05, 4.69) is 92.9 Å². The predicted molar refractivity (Wildman–Crippen MR) is 283 cm³/mol. The first-order valence-corrected chi connectivity index (χ1v) is 24.7. The minimum Gasteiger partial charge on any atom is -0.456 e. The number of likely N-dealkylation sites (N-methyl/N-ethyl adjacent to an activating group) is 1. The van der Waals surface area contributed by atoms with Crippen molar-refractivity contribution in [1.82, 2.24) is 15.1 Å². The van der Waals surface area contributed by atoms with Gasteiger partial charge in [-0.15, -0.1) is 0 Å². The van der Waals surface area contributed by atoms with Crippen LogP contribution in [0.15, 0.2) is 108 Å². The van der Waals surface area contributed by atoms with Gasteiger partial charge in [-0.3, -0.25) is 0 Å². The number of carbonyl (C=O) groups excluding carboxylic acids is 1. The lowest BCUT2D eigenvalue weighted by atomic mass is 9.67. The third-order valence-corrected chi connectivity index (χ3v) is 12.3. The maximum absolute atomic E-state index is 13.3. The van der Waals surface area contributed by atoms with E-state index in [9.17, 15) is 9.90 Å². The molecule has 68 heavy (non-hydrogen) atoms. The number of esters is 1. The minimum absolute atomic E-state index is 0.0503. The summed E-state index contributed by atoms with van der Waals surface area (Å²) >= 11 is 0. The van der Waals surface area contributed by atoms with E-state index in [1.54, 1.807) is 24.4 Å². The van der Waals surface area contributed by atoms with Gasteiger partial charge in [0, 0.05) is 71.7 Å². The lowest BCUT2D eigenvalue weighted by Gasteiger charge is -2.45.